The SMILES string of the molecule is CCC1(CC)NCCc2occc21. The lowest BCUT2D eigenvalue weighted by atomic mass is 9.82. The van der Waals surface area contributed by atoms with Gasteiger partial charge in [0.15, 0.2) is 0 Å². The molecule has 0 aromatic carbocycles. The van der Waals surface area contributed by atoms with Crippen molar-refractivity contribution in [3.8, 4) is 0 Å². The van der Waals surface area contributed by atoms with Crippen LogP contribution >= 0.6 is 0 Å². The number of furan rings is 1. The monoisotopic (exact) mass is 179 g/mol. The third-order valence-electron chi connectivity index (χ3n) is 3.28. The Kier molecular flexibility index (Phi) is 2.16. The van der Waals surface area contributed by atoms with Crippen LogP contribution < -0.4 is 5.32 Å². The number of fused-ring (bicyclic) bond motifs is 1. The van der Waals surface area contributed by atoms with E-state index in [0.29, 0.717) is 0 Å². The van der Waals surface area contributed by atoms with Gasteiger partial charge in [0.25, 0.3) is 0 Å². The largest absolute Gasteiger partial charge is 0.469 e. The average molecular weight is 179 g/mol. The molecular formula is C11H17NO. The zero-order valence-electron chi connectivity index (χ0n) is 8.39. The molecular weight excluding hydrogens is 162 g/mol. The molecule has 0 amide bonds. The van der Waals surface area contributed by atoms with Crippen molar-refractivity contribution < 1.29 is 4.42 Å². The van der Waals surface area contributed by atoms with Gasteiger partial charge in [0.05, 0.1) is 6.26 Å². The fraction of sp³-hybridized carbons (Fsp3) is 0.636. The minimum absolute atomic E-state index is 0.181. The summed E-state index contributed by atoms with van der Waals surface area (Å²) in [5.41, 5.74) is 1.56. The van der Waals surface area contributed by atoms with Gasteiger partial charge in [-0.2, -0.15) is 0 Å². The highest BCUT2D eigenvalue weighted by Crippen LogP contribution is 2.34. The van der Waals surface area contributed by atoms with Crippen LogP contribution in [0.15, 0.2) is 16.7 Å². The van der Waals surface area contributed by atoms with Gasteiger partial charge in [-0.3, -0.25) is 0 Å². The van der Waals surface area contributed by atoms with E-state index in [1.54, 1.807) is 0 Å². The molecule has 0 aliphatic carbocycles. The highest BCUT2D eigenvalue weighted by Gasteiger charge is 2.34. The van der Waals surface area contributed by atoms with Crippen molar-refractivity contribution in [1.82, 2.24) is 5.32 Å². The second kappa shape index (κ2) is 3.18. The predicted octanol–water partition coefficient (Wildman–Crippen LogP) is 2.44. The Morgan fingerprint density at radius 3 is 2.92 bits per heavy atom. The van der Waals surface area contributed by atoms with Gasteiger partial charge in [0.1, 0.15) is 5.76 Å². The molecule has 2 heterocycles. The molecule has 0 bridgehead atoms. The highest BCUT2D eigenvalue weighted by molar-refractivity contribution is 5.29. The van der Waals surface area contributed by atoms with Crippen LogP contribution in [0.5, 0.6) is 0 Å². The molecule has 72 valence electrons. The summed E-state index contributed by atoms with van der Waals surface area (Å²) in [6.07, 6.45) is 5.12. The summed E-state index contributed by atoms with van der Waals surface area (Å²) in [4.78, 5) is 0. The van der Waals surface area contributed by atoms with Gasteiger partial charge < -0.3 is 9.73 Å². The second-order valence-corrected chi connectivity index (χ2v) is 3.72. The predicted molar refractivity (Wildman–Crippen MR) is 52.7 cm³/mol. The van der Waals surface area contributed by atoms with Gasteiger partial charge in [0, 0.05) is 24.1 Å². The Balaban J connectivity index is 2.43. The number of hydrogen-bond donors (Lipinski definition) is 1. The molecule has 0 spiro atoms. The second-order valence-electron chi connectivity index (χ2n) is 3.72. The lowest BCUT2D eigenvalue weighted by Gasteiger charge is -2.36. The highest BCUT2D eigenvalue weighted by atomic mass is 16.3. The molecule has 1 aliphatic heterocycles. The maximum absolute atomic E-state index is 5.47. The summed E-state index contributed by atoms with van der Waals surface area (Å²) in [7, 11) is 0. The minimum Gasteiger partial charge on any atom is -0.469 e. The van der Waals surface area contributed by atoms with E-state index in [0.717, 1.165) is 25.8 Å². The van der Waals surface area contributed by atoms with Crippen LogP contribution in [0.25, 0.3) is 0 Å². The average Bonchev–Trinajstić information content (AvgIpc) is 2.65. The summed E-state index contributed by atoms with van der Waals surface area (Å²) < 4.78 is 5.47. The lowest BCUT2D eigenvalue weighted by Crippen LogP contribution is -2.45. The summed E-state index contributed by atoms with van der Waals surface area (Å²) >= 11 is 0. The molecule has 1 aliphatic rings. The molecule has 0 atom stereocenters. The van der Waals surface area contributed by atoms with Crippen LogP contribution in [0.2, 0.25) is 0 Å². The van der Waals surface area contributed by atoms with Gasteiger partial charge in [-0.15, -0.1) is 0 Å². The molecule has 1 aromatic rings. The Hall–Kier alpha value is -0.760. The van der Waals surface area contributed by atoms with Crippen LogP contribution in [0.1, 0.15) is 38.0 Å². The first kappa shape index (κ1) is 8.82. The van der Waals surface area contributed by atoms with E-state index in [-0.39, 0.29) is 5.54 Å². The Morgan fingerprint density at radius 2 is 2.23 bits per heavy atom. The molecule has 2 heteroatoms. The molecule has 0 saturated heterocycles. The topological polar surface area (TPSA) is 25.2 Å². The molecule has 1 aromatic heterocycles. The van der Waals surface area contributed by atoms with E-state index in [2.05, 4.69) is 25.2 Å². The van der Waals surface area contributed by atoms with E-state index in [9.17, 15) is 0 Å². The van der Waals surface area contributed by atoms with Crippen molar-refractivity contribution in [1.29, 1.82) is 0 Å². The van der Waals surface area contributed by atoms with Gasteiger partial charge in [-0.05, 0) is 18.9 Å². The van der Waals surface area contributed by atoms with Crippen molar-refractivity contribution in [2.45, 2.75) is 38.6 Å². The molecule has 2 nitrogen and oxygen atoms in total. The fourth-order valence-corrected chi connectivity index (χ4v) is 2.35. The van der Waals surface area contributed by atoms with Gasteiger partial charge in [-0.1, -0.05) is 13.8 Å². The molecule has 0 unspecified atom stereocenters. The van der Waals surface area contributed by atoms with Gasteiger partial charge in [-0.25, -0.2) is 0 Å². The fourth-order valence-electron chi connectivity index (χ4n) is 2.35. The van der Waals surface area contributed by atoms with E-state index in [1.807, 2.05) is 6.26 Å². The first-order chi connectivity index (χ1) is 6.32. The molecule has 2 rings (SSSR count). The quantitative estimate of drug-likeness (QED) is 0.754. The van der Waals surface area contributed by atoms with Gasteiger partial charge in [0.2, 0.25) is 0 Å². The van der Waals surface area contributed by atoms with Crippen molar-refractivity contribution in [2.24, 2.45) is 0 Å². The van der Waals surface area contributed by atoms with E-state index in [4.69, 9.17) is 4.42 Å². The van der Waals surface area contributed by atoms with Crippen LogP contribution in [0, 0.1) is 0 Å². The molecule has 0 radical (unpaired) electrons. The summed E-state index contributed by atoms with van der Waals surface area (Å²) in [5, 5.41) is 3.61. The van der Waals surface area contributed by atoms with E-state index in [1.165, 1.54) is 11.3 Å². The van der Waals surface area contributed by atoms with Crippen molar-refractivity contribution in [3.63, 3.8) is 0 Å². The molecule has 1 N–H and O–H groups in total. The van der Waals surface area contributed by atoms with Crippen LogP contribution in [-0.4, -0.2) is 6.54 Å². The zero-order chi connectivity index (χ0) is 9.31. The molecule has 0 fully saturated rings. The third-order valence-corrected chi connectivity index (χ3v) is 3.28. The molecule has 0 saturated carbocycles. The van der Waals surface area contributed by atoms with Gasteiger partial charge >= 0.3 is 0 Å². The first-order valence-electron chi connectivity index (χ1n) is 5.14. The number of nitrogens with one attached hydrogen (secondary N) is 1. The minimum atomic E-state index is 0.181. The summed E-state index contributed by atoms with van der Waals surface area (Å²) in [6.45, 7) is 5.51. The van der Waals surface area contributed by atoms with Crippen LogP contribution in [0.4, 0.5) is 0 Å². The Labute approximate surface area is 79.3 Å². The standard InChI is InChI=1S/C11H17NO/c1-3-11(4-2)9-6-8-13-10(9)5-7-12-11/h6,8,12H,3-5,7H2,1-2H3. The molecule has 13 heavy (non-hydrogen) atoms. The van der Waals surface area contributed by atoms with E-state index >= 15 is 0 Å². The van der Waals surface area contributed by atoms with Crippen molar-refractivity contribution in [2.75, 3.05) is 6.54 Å². The number of rotatable bonds is 2. The maximum atomic E-state index is 5.47. The Bertz CT molecular complexity index is 286. The van der Waals surface area contributed by atoms with Crippen molar-refractivity contribution in [3.05, 3.63) is 23.7 Å². The summed E-state index contributed by atoms with van der Waals surface area (Å²) in [5.74, 6) is 1.18. The number of hydrogen-bond acceptors (Lipinski definition) is 2. The van der Waals surface area contributed by atoms with Crippen LogP contribution in [0.3, 0.4) is 0 Å². The maximum Gasteiger partial charge on any atom is 0.110 e. The third kappa shape index (κ3) is 1.20. The lowest BCUT2D eigenvalue weighted by molar-refractivity contribution is 0.279. The van der Waals surface area contributed by atoms with Crippen molar-refractivity contribution >= 4 is 0 Å². The summed E-state index contributed by atoms with van der Waals surface area (Å²) in [6, 6.07) is 2.12. The smallest absolute Gasteiger partial charge is 0.110 e. The normalized spacial score (nSPS) is 19.8. The Morgan fingerprint density at radius 1 is 1.46 bits per heavy atom. The first-order valence-corrected chi connectivity index (χ1v) is 5.14. The van der Waals surface area contributed by atoms with Crippen LogP contribution in [-0.2, 0) is 12.0 Å². The van der Waals surface area contributed by atoms with E-state index < -0.39 is 0 Å². The zero-order valence-corrected chi connectivity index (χ0v) is 8.39.